The van der Waals surface area contributed by atoms with Crippen LogP contribution in [0, 0.1) is 0 Å². The van der Waals surface area contributed by atoms with Crippen molar-refractivity contribution < 1.29 is 18.9 Å². The second-order valence-electron chi connectivity index (χ2n) is 6.15. The first kappa shape index (κ1) is 13.1. The van der Waals surface area contributed by atoms with Crippen LogP contribution in [0.2, 0.25) is 0 Å². The minimum absolute atomic E-state index is 0.183. The van der Waals surface area contributed by atoms with Crippen molar-refractivity contribution in [1.29, 1.82) is 0 Å². The third kappa shape index (κ3) is 1.96. The lowest BCUT2D eigenvalue weighted by Crippen LogP contribution is -2.32. The summed E-state index contributed by atoms with van der Waals surface area (Å²) in [5.74, 6) is 3.34. The smallest absolute Gasteiger partial charge is 0.231 e. The molecule has 0 N–H and O–H groups in total. The molecule has 118 valence electrons. The molecule has 2 aromatic carbocycles. The van der Waals surface area contributed by atoms with Gasteiger partial charge in [-0.25, -0.2) is 0 Å². The molecule has 3 heterocycles. The molecular formula is C18H17NO4. The Morgan fingerprint density at radius 2 is 1.57 bits per heavy atom. The Balaban J connectivity index is 1.63. The average Bonchev–Trinajstić information content (AvgIpc) is 3.20. The average molecular weight is 311 g/mol. The Hall–Kier alpha value is -2.40. The van der Waals surface area contributed by atoms with E-state index in [9.17, 15) is 0 Å². The summed E-state index contributed by atoms with van der Waals surface area (Å²) in [5.41, 5.74) is 3.81. The normalized spacial score (nSPS) is 21.3. The van der Waals surface area contributed by atoms with Crippen LogP contribution in [0.4, 0.5) is 0 Å². The summed E-state index contributed by atoms with van der Waals surface area (Å²) in [4.78, 5) is 2.36. The molecular weight excluding hydrogens is 294 g/mol. The number of hydrogen-bond acceptors (Lipinski definition) is 5. The molecule has 5 nitrogen and oxygen atoms in total. The zero-order valence-corrected chi connectivity index (χ0v) is 12.9. The summed E-state index contributed by atoms with van der Waals surface area (Å²) in [5, 5.41) is 0. The number of rotatable bonds is 1. The van der Waals surface area contributed by atoms with Gasteiger partial charge in [-0.05, 0) is 54.4 Å². The molecule has 0 radical (unpaired) electrons. The number of hydrogen-bond donors (Lipinski definition) is 0. The standard InChI is InChI=1S/C18H17NO4/c1-19-5-4-11-6-16-17(23-10-22-16)8-13(11)18(19)12-2-3-14-15(7-12)21-9-20-14/h2-3,6-8,18H,4-5,9-10H2,1H3. The fourth-order valence-electron chi connectivity index (χ4n) is 3.65. The fourth-order valence-corrected chi connectivity index (χ4v) is 3.65. The maximum atomic E-state index is 5.57. The number of fused-ring (bicyclic) bond motifs is 3. The van der Waals surface area contributed by atoms with E-state index in [0.29, 0.717) is 13.6 Å². The molecule has 2 aromatic rings. The van der Waals surface area contributed by atoms with Gasteiger partial charge in [0.05, 0.1) is 6.04 Å². The van der Waals surface area contributed by atoms with Gasteiger partial charge in [0.25, 0.3) is 0 Å². The van der Waals surface area contributed by atoms with Crippen molar-refractivity contribution in [2.24, 2.45) is 0 Å². The molecule has 0 saturated heterocycles. The molecule has 23 heavy (non-hydrogen) atoms. The van der Waals surface area contributed by atoms with Crippen LogP contribution in [-0.4, -0.2) is 32.1 Å². The van der Waals surface area contributed by atoms with E-state index in [1.54, 1.807) is 0 Å². The number of ether oxygens (including phenoxy) is 4. The maximum Gasteiger partial charge on any atom is 0.231 e. The van der Waals surface area contributed by atoms with E-state index in [-0.39, 0.29) is 6.04 Å². The van der Waals surface area contributed by atoms with Gasteiger partial charge in [-0.15, -0.1) is 0 Å². The predicted molar refractivity (Wildman–Crippen MR) is 83.3 cm³/mol. The molecule has 0 bridgehead atoms. The predicted octanol–water partition coefficient (Wildman–Crippen LogP) is 2.72. The lowest BCUT2D eigenvalue weighted by atomic mass is 9.88. The van der Waals surface area contributed by atoms with E-state index in [2.05, 4.69) is 36.2 Å². The molecule has 0 saturated carbocycles. The first-order valence-corrected chi connectivity index (χ1v) is 7.82. The molecule has 0 amide bonds. The molecule has 3 aliphatic heterocycles. The van der Waals surface area contributed by atoms with E-state index in [4.69, 9.17) is 18.9 Å². The van der Waals surface area contributed by atoms with E-state index in [0.717, 1.165) is 36.0 Å². The van der Waals surface area contributed by atoms with Crippen molar-refractivity contribution in [1.82, 2.24) is 4.90 Å². The van der Waals surface area contributed by atoms with Crippen molar-refractivity contribution in [2.45, 2.75) is 12.5 Å². The Morgan fingerprint density at radius 1 is 0.870 bits per heavy atom. The van der Waals surface area contributed by atoms with Crippen molar-refractivity contribution in [3.63, 3.8) is 0 Å². The van der Waals surface area contributed by atoms with Crippen molar-refractivity contribution in [3.05, 3.63) is 47.0 Å². The van der Waals surface area contributed by atoms with Crippen molar-refractivity contribution in [2.75, 3.05) is 27.2 Å². The third-order valence-corrected chi connectivity index (χ3v) is 4.82. The molecule has 1 atom stereocenters. The zero-order valence-electron chi connectivity index (χ0n) is 12.9. The van der Waals surface area contributed by atoms with Crippen LogP contribution in [0.15, 0.2) is 30.3 Å². The van der Waals surface area contributed by atoms with Gasteiger partial charge in [0.1, 0.15) is 0 Å². The molecule has 0 aliphatic carbocycles. The minimum Gasteiger partial charge on any atom is -0.454 e. The molecule has 5 heteroatoms. The Bertz CT molecular complexity index is 789. The Kier molecular flexibility index (Phi) is 2.73. The molecule has 5 rings (SSSR count). The summed E-state index contributed by atoms with van der Waals surface area (Å²) < 4.78 is 22.1. The van der Waals surface area contributed by atoms with Crippen LogP contribution >= 0.6 is 0 Å². The summed E-state index contributed by atoms with van der Waals surface area (Å²) in [6, 6.07) is 10.6. The van der Waals surface area contributed by atoms with Crippen LogP contribution in [0.1, 0.15) is 22.7 Å². The van der Waals surface area contributed by atoms with Gasteiger partial charge in [-0.3, -0.25) is 4.90 Å². The zero-order chi connectivity index (χ0) is 15.4. The highest BCUT2D eigenvalue weighted by atomic mass is 16.7. The molecule has 0 fully saturated rings. The summed E-state index contributed by atoms with van der Waals surface area (Å²) in [6.07, 6.45) is 1.02. The van der Waals surface area contributed by atoms with E-state index in [1.807, 2.05) is 6.07 Å². The summed E-state index contributed by atoms with van der Waals surface area (Å²) in [7, 11) is 2.16. The van der Waals surface area contributed by atoms with Gasteiger partial charge < -0.3 is 18.9 Å². The van der Waals surface area contributed by atoms with Gasteiger partial charge in [0.15, 0.2) is 23.0 Å². The topological polar surface area (TPSA) is 40.2 Å². The Morgan fingerprint density at radius 3 is 2.39 bits per heavy atom. The highest BCUT2D eigenvalue weighted by Gasteiger charge is 2.30. The lowest BCUT2D eigenvalue weighted by Gasteiger charge is -2.35. The highest BCUT2D eigenvalue weighted by Crippen LogP contribution is 2.44. The second-order valence-corrected chi connectivity index (χ2v) is 6.15. The maximum absolute atomic E-state index is 5.57. The highest BCUT2D eigenvalue weighted by molar-refractivity contribution is 5.54. The van der Waals surface area contributed by atoms with Crippen LogP contribution < -0.4 is 18.9 Å². The largest absolute Gasteiger partial charge is 0.454 e. The van der Waals surface area contributed by atoms with Gasteiger partial charge in [-0.1, -0.05) is 6.07 Å². The van der Waals surface area contributed by atoms with E-state index >= 15 is 0 Å². The van der Waals surface area contributed by atoms with Gasteiger partial charge in [0, 0.05) is 6.54 Å². The third-order valence-electron chi connectivity index (χ3n) is 4.82. The van der Waals surface area contributed by atoms with E-state index < -0.39 is 0 Å². The van der Waals surface area contributed by atoms with Crippen LogP contribution in [0.5, 0.6) is 23.0 Å². The Labute approximate surface area is 134 Å². The first-order valence-electron chi connectivity index (χ1n) is 7.82. The summed E-state index contributed by atoms with van der Waals surface area (Å²) >= 11 is 0. The van der Waals surface area contributed by atoms with Gasteiger partial charge in [-0.2, -0.15) is 0 Å². The van der Waals surface area contributed by atoms with Crippen molar-refractivity contribution in [3.8, 4) is 23.0 Å². The molecule has 0 spiro atoms. The van der Waals surface area contributed by atoms with Gasteiger partial charge >= 0.3 is 0 Å². The minimum atomic E-state index is 0.183. The van der Waals surface area contributed by atoms with Gasteiger partial charge in [0.2, 0.25) is 13.6 Å². The number of benzene rings is 2. The number of likely N-dealkylation sites (N-methyl/N-ethyl adjacent to an activating group) is 1. The molecule has 3 aliphatic rings. The lowest BCUT2D eigenvalue weighted by molar-refractivity contribution is 0.173. The molecule has 1 unspecified atom stereocenters. The fraction of sp³-hybridized carbons (Fsp3) is 0.333. The number of nitrogens with zero attached hydrogens (tertiary/aromatic N) is 1. The van der Waals surface area contributed by atoms with Crippen LogP contribution in [0.25, 0.3) is 0 Å². The van der Waals surface area contributed by atoms with Crippen LogP contribution in [0.3, 0.4) is 0 Å². The second kappa shape index (κ2) is 4.80. The van der Waals surface area contributed by atoms with Crippen LogP contribution in [-0.2, 0) is 6.42 Å². The first-order chi connectivity index (χ1) is 11.3. The SMILES string of the molecule is CN1CCc2cc3c(cc2C1c1ccc2c(c1)OCO2)OCO3. The molecule has 0 aromatic heterocycles. The monoisotopic (exact) mass is 311 g/mol. The quantitative estimate of drug-likeness (QED) is 0.810. The van der Waals surface area contributed by atoms with Crippen molar-refractivity contribution >= 4 is 0 Å². The summed E-state index contributed by atoms with van der Waals surface area (Å²) in [6.45, 7) is 1.61. The van der Waals surface area contributed by atoms with E-state index in [1.165, 1.54) is 16.7 Å².